The number of rotatable bonds is 3. The van der Waals surface area contributed by atoms with E-state index < -0.39 is 5.97 Å². The highest BCUT2D eigenvalue weighted by Crippen LogP contribution is 2.39. The Balaban J connectivity index is 1.83. The number of fused-ring (bicyclic) bond motifs is 1. The van der Waals surface area contributed by atoms with Gasteiger partial charge in [0.15, 0.2) is 5.13 Å². The Hall–Kier alpha value is -0.750. The molecule has 1 aromatic heterocycles. The third-order valence-electron chi connectivity index (χ3n) is 4.11. The van der Waals surface area contributed by atoms with Crippen LogP contribution in [0.3, 0.4) is 0 Å². The van der Waals surface area contributed by atoms with Gasteiger partial charge in [0, 0.05) is 29.0 Å². The van der Waals surface area contributed by atoms with Gasteiger partial charge in [0.2, 0.25) is 0 Å². The molecular weight excluding hydrogens is 292 g/mol. The van der Waals surface area contributed by atoms with Crippen molar-refractivity contribution < 1.29 is 9.90 Å². The fraction of sp³-hybridized carbons (Fsp3) is 0.714. The number of thiazole rings is 1. The van der Waals surface area contributed by atoms with Gasteiger partial charge in [-0.1, -0.05) is 6.92 Å². The molecule has 0 radical (unpaired) electrons. The second-order valence-corrected chi connectivity index (χ2v) is 7.91. The van der Waals surface area contributed by atoms with Crippen molar-refractivity contribution in [2.24, 2.45) is 0 Å². The van der Waals surface area contributed by atoms with E-state index in [2.05, 4.69) is 11.8 Å². The molecule has 4 nitrogen and oxygen atoms in total. The molecule has 0 bridgehead atoms. The quantitative estimate of drug-likeness (QED) is 0.930. The van der Waals surface area contributed by atoms with Crippen LogP contribution < -0.4 is 4.90 Å². The summed E-state index contributed by atoms with van der Waals surface area (Å²) in [6, 6.07) is 0. The molecule has 1 fully saturated rings. The van der Waals surface area contributed by atoms with Crippen molar-refractivity contribution in [2.75, 3.05) is 23.7 Å². The summed E-state index contributed by atoms with van der Waals surface area (Å²) in [5, 5.41) is 11.1. The van der Waals surface area contributed by atoms with Crippen molar-refractivity contribution in [3.63, 3.8) is 0 Å². The van der Waals surface area contributed by atoms with Crippen molar-refractivity contribution in [3.8, 4) is 0 Å². The largest absolute Gasteiger partial charge is 0.481 e. The Morgan fingerprint density at radius 2 is 2.40 bits per heavy atom. The number of carboxylic acids is 1. The lowest BCUT2D eigenvalue weighted by Gasteiger charge is -2.31. The van der Waals surface area contributed by atoms with E-state index in [1.54, 1.807) is 11.3 Å². The second-order valence-electron chi connectivity index (χ2n) is 5.43. The Labute approximate surface area is 127 Å². The van der Waals surface area contributed by atoms with Gasteiger partial charge in [0.05, 0.1) is 5.69 Å². The van der Waals surface area contributed by atoms with Gasteiger partial charge in [-0.15, -0.1) is 11.3 Å². The van der Waals surface area contributed by atoms with Crippen molar-refractivity contribution >= 4 is 34.2 Å². The predicted octanol–water partition coefficient (Wildman–Crippen LogP) is 2.98. The lowest BCUT2D eigenvalue weighted by molar-refractivity contribution is -0.139. The number of aliphatic carboxylic acids is 1. The fourth-order valence-electron chi connectivity index (χ4n) is 2.92. The lowest BCUT2D eigenvalue weighted by Crippen LogP contribution is -2.37. The van der Waals surface area contributed by atoms with E-state index >= 15 is 0 Å². The highest BCUT2D eigenvalue weighted by Gasteiger charge is 2.31. The first-order chi connectivity index (χ1) is 9.69. The normalized spacial score (nSPS) is 26.4. The number of aryl methyl sites for hydroxylation is 1. The molecular formula is C14H20N2O2S2. The van der Waals surface area contributed by atoms with Crippen LogP contribution in [0.25, 0.3) is 0 Å². The van der Waals surface area contributed by atoms with Crippen LogP contribution in [0.1, 0.15) is 42.7 Å². The molecule has 1 aliphatic heterocycles. The molecule has 0 amide bonds. The zero-order chi connectivity index (χ0) is 14.1. The Morgan fingerprint density at radius 1 is 1.55 bits per heavy atom. The Bertz CT molecular complexity index is 503. The highest BCUT2D eigenvalue weighted by molar-refractivity contribution is 8.00. The molecule has 0 spiro atoms. The highest BCUT2D eigenvalue weighted by atomic mass is 32.2. The molecule has 20 heavy (non-hydrogen) atoms. The van der Waals surface area contributed by atoms with E-state index in [4.69, 9.17) is 4.98 Å². The van der Waals surface area contributed by atoms with E-state index in [1.165, 1.54) is 11.3 Å². The van der Waals surface area contributed by atoms with Gasteiger partial charge in [0.25, 0.3) is 0 Å². The van der Waals surface area contributed by atoms with Crippen LogP contribution in [0.2, 0.25) is 0 Å². The number of thioether (sulfide) groups is 1. The van der Waals surface area contributed by atoms with Crippen LogP contribution in [-0.4, -0.2) is 40.2 Å². The predicted molar refractivity (Wildman–Crippen MR) is 84.2 cm³/mol. The second kappa shape index (κ2) is 5.93. The average Bonchev–Trinajstić information content (AvgIpc) is 2.91. The first-order valence-electron chi connectivity index (χ1n) is 7.28. The molecule has 2 atom stereocenters. The lowest BCUT2D eigenvalue weighted by atomic mass is 9.91. The summed E-state index contributed by atoms with van der Waals surface area (Å²) >= 11 is 3.76. The summed E-state index contributed by atoms with van der Waals surface area (Å²) in [6.07, 6.45) is 3.89. The van der Waals surface area contributed by atoms with Gasteiger partial charge >= 0.3 is 5.97 Å². The fourth-order valence-corrected chi connectivity index (χ4v) is 5.30. The minimum absolute atomic E-state index is 0.384. The zero-order valence-corrected chi connectivity index (χ0v) is 13.3. The molecule has 2 heterocycles. The van der Waals surface area contributed by atoms with Crippen LogP contribution in [0.4, 0.5) is 5.13 Å². The summed E-state index contributed by atoms with van der Waals surface area (Å²) in [7, 11) is 0. The maximum Gasteiger partial charge on any atom is 0.312 e. The standard InChI is InChI=1S/C14H20N2O2S2/c1-2-9-8-16(6-7-19-9)14-15-12-10(13(17)18)4-3-5-11(12)20-14/h9-10H,2-8H2,1H3,(H,17,18). The van der Waals surface area contributed by atoms with Gasteiger partial charge in [-0.2, -0.15) is 11.8 Å². The molecule has 1 saturated heterocycles. The van der Waals surface area contributed by atoms with E-state index in [0.29, 0.717) is 5.25 Å². The van der Waals surface area contributed by atoms with Crippen LogP contribution >= 0.6 is 23.1 Å². The molecule has 3 rings (SSSR count). The smallest absolute Gasteiger partial charge is 0.312 e. The number of aromatic nitrogens is 1. The molecule has 110 valence electrons. The van der Waals surface area contributed by atoms with E-state index in [9.17, 15) is 9.90 Å². The summed E-state index contributed by atoms with van der Waals surface area (Å²) in [5.41, 5.74) is 0.843. The maximum atomic E-state index is 11.3. The molecule has 1 aromatic rings. The molecule has 0 saturated carbocycles. The maximum absolute atomic E-state index is 11.3. The molecule has 2 unspecified atom stereocenters. The summed E-state index contributed by atoms with van der Waals surface area (Å²) in [5.74, 6) is 0.0406. The minimum atomic E-state index is -0.719. The van der Waals surface area contributed by atoms with Gasteiger partial charge in [-0.25, -0.2) is 4.98 Å². The van der Waals surface area contributed by atoms with Crippen LogP contribution in [-0.2, 0) is 11.2 Å². The van der Waals surface area contributed by atoms with Crippen LogP contribution in [0.15, 0.2) is 0 Å². The number of carboxylic acid groups (broad SMARTS) is 1. The summed E-state index contributed by atoms with van der Waals surface area (Å²) in [6.45, 7) is 4.31. The van der Waals surface area contributed by atoms with E-state index in [-0.39, 0.29) is 5.92 Å². The summed E-state index contributed by atoms with van der Waals surface area (Å²) in [4.78, 5) is 19.6. The zero-order valence-electron chi connectivity index (χ0n) is 11.7. The van der Waals surface area contributed by atoms with Gasteiger partial charge in [-0.3, -0.25) is 4.79 Å². The SMILES string of the molecule is CCC1CN(c2nc3c(s2)CCCC3C(=O)O)CCS1. The monoisotopic (exact) mass is 312 g/mol. The molecule has 2 aliphatic rings. The minimum Gasteiger partial charge on any atom is -0.481 e. The third-order valence-corrected chi connectivity index (χ3v) is 6.67. The number of nitrogens with zero attached hydrogens (tertiary/aromatic N) is 2. The van der Waals surface area contributed by atoms with Gasteiger partial charge in [-0.05, 0) is 25.7 Å². The molecule has 1 aliphatic carbocycles. The third kappa shape index (κ3) is 2.68. The van der Waals surface area contributed by atoms with E-state index in [0.717, 1.165) is 48.9 Å². The van der Waals surface area contributed by atoms with Gasteiger partial charge < -0.3 is 10.0 Å². The Morgan fingerprint density at radius 3 is 3.15 bits per heavy atom. The average molecular weight is 312 g/mol. The van der Waals surface area contributed by atoms with Crippen LogP contribution in [0, 0.1) is 0 Å². The first-order valence-corrected chi connectivity index (χ1v) is 9.14. The summed E-state index contributed by atoms with van der Waals surface area (Å²) < 4.78 is 0. The van der Waals surface area contributed by atoms with Crippen LogP contribution in [0.5, 0.6) is 0 Å². The first kappa shape index (κ1) is 14.2. The molecule has 0 aromatic carbocycles. The number of hydrogen-bond donors (Lipinski definition) is 1. The molecule has 6 heteroatoms. The topological polar surface area (TPSA) is 53.4 Å². The number of carbonyl (C=O) groups is 1. The Kier molecular flexibility index (Phi) is 4.21. The van der Waals surface area contributed by atoms with Crippen molar-refractivity contribution in [2.45, 2.75) is 43.8 Å². The number of anilines is 1. The number of hydrogen-bond acceptors (Lipinski definition) is 5. The van der Waals surface area contributed by atoms with E-state index in [1.807, 2.05) is 11.8 Å². The van der Waals surface area contributed by atoms with Crippen molar-refractivity contribution in [1.29, 1.82) is 0 Å². The molecule has 1 N–H and O–H groups in total. The van der Waals surface area contributed by atoms with Crippen molar-refractivity contribution in [3.05, 3.63) is 10.6 Å². The van der Waals surface area contributed by atoms with Gasteiger partial charge in [0.1, 0.15) is 5.92 Å². The van der Waals surface area contributed by atoms with Crippen molar-refractivity contribution in [1.82, 2.24) is 4.98 Å².